The fourth-order valence-corrected chi connectivity index (χ4v) is 0.853. The van der Waals surface area contributed by atoms with Crippen LogP contribution in [-0.2, 0) is 0 Å². The van der Waals surface area contributed by atoms with Crippen molar-refractivity contribution in [2.24, 2.45) is 11.7 Å². The topological polar surface area (TPSA) is 46.2 Å². The van der Waals surface area contributed by atoms with Gasteiger partial charge in [0.2, 0.25) is 0 Å². The standard InChI is InChI=1S/C7H16FNO/c1-7(2,8)6(5-10)3-4-9/h6,10H,3-5,9H2,1-2H3. The van der Waals surface area contributed by atoms with Gasteiger partial charge in [-0.1, -0.05) is 0 Å². The van der Waals surface area contributed by atoms with Crippen molar-refractivity contribution in [3.63, 3.8) is 0 Å². The van der Waals surface area contributed by atoms with Gasteiger partial charge in [-0.3, -0.25) is 0 Å². The quantitative estimate of drug-likeness (QED) is 0.617. The molecule has 0 heterocycles. The summed E-state index contributed by atoms with van der Waals surface area (Å²) in [5.41, 5.74) is 3.91. The molecule has 3 N–H and O–H groups in total. The monoisotopic (exact) mass is 149 g/mol. The number of aliphatic hydroxyl groups excluding tert-OH is 1. The van der Waals surface area contributed by atoms with E-state index >= 15 is 0 Å². The molecule has 0 spiro atoms. The Morgan fingerprint density at radius 1 is 1.60 bits per heavy atom. The van der Waals surface area contributed by atoms with Crippen LogP contribution in [-0.4, -0.2) is 23.9 Å². The van der Waals surface area contributed by atoms with E-state index < -0.39 is 5.67 Å². The predicted molar refractivity (Wildman–Crippen MR) is 39.4 cm³/mol. The molecular weight excluding hydrogens is 133 g/mol. The minimum atomic E-state index is -1.31. The average Bonchev–Trinajstić information content (AvgIpc) is 1.80. The van der Waals surface area contributed by atoms with Gasteiger partial charge in [0.1, 0.15) is 5.67 Å². The van der Waals surface area contributed by atoms with Crippen LogP contribution in [0.25, 0.3) is 0 Å². The average molecular weight is 149 g/mol. The van der Waals surface area contributed by atoms with E-state index in [9.17, 15) is 4.39 Å². The number of halogens is 1. The first kappa shape index (κ1) is 9.85. The lowest BCUT2D eigenvalue weighted by atomic mass is 9.91. The second kappa shape index (κ2) is 3.88. The summed E-state index contributed by atoms with van der Waals surface area (Å²) in [6, 6.07) is 0. The molecule has 0 aliphatic heterocycles. The summed E-state index contributed by atoms with van der Waals surface area (Å²) in [4.78, 5) is 0. The van der Waals surface area contributed by atoms with Crippen LogP contribution in [0.5, 0.6) is 0 Å². The third-order valence-corrected chi connectivity index (χ3v) is 1.71. The van der Waals surface area contributed by atoms with E-state index in [0.29, 0.717) is 13.0 Å². The zero-order valence-electron chi connectivity index (χ0n) is 6.60. The molecule has 0 aromatic heterocycles. The van der Waals surface area contributed by atoms with Crippen molar-refractivity contribution in [1.29, 1.82) is 0 Å². The minimum absolute atomic E-state index is 0.124. The van der Waals surface area contributed by atoms with Gasteiger partial charge in [-0.25, -0.2) is 4.39 Å². The smallest absolute Gasteiger partial charge is 0.110 e. The summed E-state index contributed by atoms with van der Waals surface area (Å²) in [5, 5.41) is 8.70. The molecule has 0 aliphatic carbocycles. The van der Waals surface area contributed by atoms with Crippen LogP contribution >= 0.6 is 0 Å². The summed E-state index contributed by atoms with van der Waals surface area (Å²) < 4.78 is 13.0. The van der Waals surface area contributed by atoms with Gasteiger partial charge in [0.25, 0.3) is 0 Å². The first-order valence-electron chi connectivity index (χ1n) is 3.52. The Bertz CT molecular complexity index is 90.1. The van der Waals surface area contributed by atoms with Crippen LogP contribution in [0.4, 0.5) is 4.39 Å². The van der Waals surface area contributed by atoms with Crippen LogP contribution < -0.4 is 5.73 Å². The Morgan fingerprint density at radius 2 is 2.10 bits per heavy atom. The molecule has 2 nitrogen and oxygen atoms in total. The Morgan fingerprint density at radius 3 is 2.20 bits per heavy atom. The summed E-state index contributed by atoms with van der Waals surface area (Å²) in [6.45, 7) is 3.23. The molecule has 1 atom stereocenters. The highest BCUT2D eigenvalue weighted by molar-refractivity contribution is 4.77. The fraction of sp³-hybridized carbons (Fsp3) is 1.00. The van der Waals surface area contributed by atoms with Crippen LogP contribution in [0.15, 0.2) is 0 Å². The maximum Gasteiger partial charge on any atom is 0.110 e. The molecule has 0 aromatic carbocycles. The Balaban J connectivity index is 3.81. The molecule has 0 saturated carbocycles. The highest BCUT2D eigenvalue weighted by atomic mass is 19.1. The van der Waals surface area contributed by atoms with Gasteiger partial charge in [-0.15, -0.1) is 0 Å². The lowest BCUT2D eigenvalue weighted by Crippen LogP contribution is -2.30. The van der Waals surface area contributed by atoms with Gasteiger partial charge in [-0.05, 0) is 26.8 Å². The highest BCUT2D eigenvalue weighted by Gasteiger charge is 2.27. The molecule has 0 saturated heterocycles. The van der Waals surface area contributed by atoms with Gasteiger partial charge in [-0.2, -0.15) is 0 Å². The molecule has 0 aromatic rings. The van der Waals surface area contributed by atoms with Gasteiger partial charge >= 0.3 is 0 Å². The molecule has 0 aliphatic rings. The first-order valence-corrected chi connectivity index (χ1v) is 3.52. The molecule has 0 radical (unpaired) electrons. The zero-order valence-corrected chi connectivity index (χ0v) is 6.60. The molecule has 0 bridgehead atoms. The van der Waals surface area contributed by atoms with E-state index in [1.165, 1.54) is 13.8 Å². The zero-order chi connectivity index (χ0) is 8.20. The Labute approximate surface area is 61.2 Å². The van der Waals surface area contributed by atoms with Crippen molar-refractivity contribution in [3.8, 4) is 0 Å². The molecule has 3 heteroatoms. The van der Waals surface area contributed by atoms with E-state index in [0.717, 1.165) is 0 Å². The van der Waals surface area contributed by atoms with Crippen LogP contribution in [0.3, 0.4) is 0 Å². The molecule has 0 fully saturated rings. The number of rotatable bonds is 4. The third kappa shape index (κ3) is 3.13. The van der Waals surface area contributed by atoms with Gasteiger partial charge in [0, 0.05) is 12.5 Å². The van der Waals surface area contributed by atoms with Crippen LogP contribution in [0.1, 0.15) is 20.3 Å². The van der Waals surface area contributed by atoms with Crippen molar-refractivity contribution >= 4 is 0 Å². The summed E-state index contributed by atoms with van der Waals surface area (Å²) in [7, 11) is 0. The van der Waals surface area contributed by atoms with Gasteiger partial charge in [0.15, 0.2) is 0 Å². The summed E-state index contributed by atoms with van der Waals surface area (Å²) >= 11 is 0. The predicted octanol–water partition coefficient (Wildman–Crippen LogP) is 0.692. The number of alkyl halides is 1. The SMILES string of the molecule is CC(C)(F)C(CO)CCN. The second-order valence-electron chi connectivity index (χ2n) is 3.02. The minimum Gasteiger partial charge on any atom is -0.396 e. The second-order valence-corrected chi connectivity index (χ2v) is 3.02. The van der Waals surface area contributed by atoms with E-state index in [-0.39, 0.29) is 12.5 Å². The van der Waals surface area contributed by atoms with E-state index in [4.69, 9.17) is 10.8 Å². The van der Waals surface area contributed by atoms with Crippen molar-refractivity contribution in [3.05, 3.63) is 0 Å². The van der Waals surface area contributed by atoms with E-state index in [2.05, 4.69) is 0 Å². The lowest BCUT2D eigenvalue weighted by molar-refractivity contribution is 0.0679. The number of hydrogen-bond acceptors (Lipinski definition) is 2. The molecule has 62 valence electrons. The lowest BCUT2D eigenvalue weighted by Gasteiger charge is -2.24. The molecular formula is C7H16FNO. The van der Waals surface area contributed by atoms with Crippen molar-refractivity contribution in [2.45, 2.75) is 25.9 Å². The third-order valence-electron chi connectivity index (χ3n) is 1.71. The molecule has 1 unspecified atom stereocenters. The largest absolute Gasteiger partial charge is 0.396 e. The molecule has 10 heavy (non-hydrogen) atoms. The maximum absolute atomic E-state index is 13.0. The highest BCUT2D eigenvalue weighted by Crippen LogP contribution is 2.22. The number of aliphatic hydroxyl groups is 1. The van der Waals surface area contributed by atoms with E-state index in [1.807, 2.05) is 0 Å². The van der Waals surface area contributed by atoms with Gasteiger partial charge in [0.05, 0.1) is 0 Å². The van der Waals surface area contributed by atoms with Crippen LogP contribution in [0, 0.1) is 5.92 Å². The molecule has 0 rings (SSSR count). The van der Waals surface area contributed by atoms with Gasteiger partial charge < -0.3 is 10.8 Å². The van der Waals surface area contributed by atoms with Crippen molar-refractivity contribution in [1.82, 2.24) is 0 Å². The number of nitrogens with two attached hydrogens (primary N) is 1. The Kier molecular flexibility index (Phi) is 3.83. The van der Waals surface area contributed by atoms with Crippen molar-refractivity contribution in [2.75, 3.05) is 13.2 Å². The van der Waals surface area contributed by atoms with Crippen molar-refractivity contribution < 1.29 is 9.50 Å². The summed E-state index contributed by atoms with van der Waals surface area (Å²) in [6.07, 6.45) is 0.542. The summed E-state index contributed by atoms with van der Waals surface area (Å²) in [5.74, 6) is -0.322. The fourth-order valence-electron chi connectivity index (χ4n) is 0.853. The molecule has 0 amide bonds. The first-order chi connectivity index (χ1) is 4.52. The van der Waals surface area contributed by atoms with Crippen LogP contribution in [0.2, 0.25) is 0 Å². The van der Waals surface area contributed by atoms with E-state index in [1.54, 1.807) is 0 Å². The number of hydrogen-bond donors (Lipinski definition) is 2. The Hall–Kier alpha value is -0.150. The normalized spacial score (nSPS) is 15.3. The maximum atomic E-state index is 13.0.